The van der Waals surface area contributed by atoms with Crippen molar-refractivity contribution in [3.8, 4) is 5.82 Å². The maximum atomic E-state index is 9.07. The summed E-state index contributed by atoms with van der Waals surface area (Å²) >= 11 is 5.86. The molecule has 2 aromatic rings. The van der Waals surface area contributed by atoms with Gasteiger partial charge in [0.1, 0.15) is 11.6 Å². The lowest BCUT2D eigenvalue weighted by Gasteiger charge is -2.05. The molecule has 0 unspecified atom stereocenters. The Bertz CT molecular complexity index is 524. The molecular weight excluding hydrogens is 228 g/mol. The Morgan fingerprint density at radius 2 is 2.06 bits per heavy atom. The van der Waals surface area contributed by atoms with Crippen molar-refractivity contribution in [3.63, 3.8) is 0 Å². The average molecular weight is 239 g/mol. The lowest BCUT2D eigenvalue weighted by molar-refractivity contribution is 0.277. The molecule has 2 aromatic heterocycles. The molecule has 0 amide bonds. The van der Waals surface area contributed by atoms with Gasteiger partial charge in [0.2, 0.25) is 0 Å². The van der Waals surface area contributed by atoms with Gasteiger partial charge in [-0.3, -0.25) is 0 Å². The zero-order chi connectivity index (χ0) is 11.7. The molecule has 1 N–H and O–H groups in total. The van der Waals surface area contributed by atoms with Gasteiger partial charge >= 0.3 is 0 Å². The van der Waals surface area contributed by atoms with Gasteiger partial charge in [-0.1, -0.05) is 11.6 Å². The summed E-state index contributed by atoms with van der Waals surface area (Å²) in [7, 11) is 0. The molecule has 0 aromatic carbocycles. The number of rotatable bonds is 2. The molecule has 0 fully saturated rings. The first-order valence-corrected chi connectivity index (χ1v) is 5.16. The molecule has 2 heterocycles. The Morgan fingerprint density at radius 1 is 1.31 bits per heavy atom. The van der Waals surface area contributed by atoms with Crippen LogP contribution in [0.1, 0.15) is 17.3 Å². The molecule has 0 aliphatic rings. The van der Waals surface area contributed by atoms with Crippen molar-refractivity contribution >= 4 is 11.6 Å². The van der Waals surface area contributed by atoms with Crippen molar-refractivity contribution in [2.24, 2.45) is 0 Å². The zero-order valence-electron chi connectivity index (χ0n) is 8.98. The monoisotopic (exact) mass is 238 g/mol. The Kier molecular flexibility index (Phi) is 2.89. The fourth-order valence-corrected chi connectivity index (χ4v) is 1.60. The van der Waals surface area contributed by atoms with E-state index >= 15 is 0 Å². The van der Waals surface area contributed by atoms with Crippen LogP contribution in [0, 0.1) is 13.8 Å². The van der Waals surface area contributed by atoms with Crippen molar-refractivity contribution in [3.05, 3.63) is 34.5 Å². The predicted molar refractivity (Wildman–Crippen MR) is 59.6 cm³/mol. The van der Waals surface area contributed by atoms with Crippen molar-refractivity contribution in [1.29, 1.82) is 0 Å². The van der Waals surface area contributed by atoms with E-state index in [-0.39, 0.29) is 6.61 Å². The van der Waals surface area contributed by atoms with Crippen LogP contribution in [0.3, 0.4) is 0 Å². The van der Waals surface area contributed by atoms with E-state index in [4.69, 9.17) is 16.7 Å². The van der Waals surface area contributed by atoms with Gasteiger partial charge in [0.05, 0.1) is 17.3 Å². The van der Waals surface area contributed by atoms with Gasteiger partial charge in [0, 0.05) is 0 Å². The average Bonchev–Trinajstić information content (AvgIpc) is 2.59. The van der Waals surface area contributed by atoms with E-state index < -0.39 is 0 Å². The predicted octanol–water partition coefficient (Wildman–Crippen LogP) is 1.42. The van der Waals surface area contributed by atoms with E-state index in [0.29, 0.717) is 22.4 Å². The fourth-order valence-electron chi connectivity index (χ4n) is 1.44. The van der Waals surface area contributed by atoms with Crippen LogP contribution in [0.4, 0.5) is 0 Å². The lowest BCUT2D eigenvalue weighted by atomic mass is 10.3. The molecule has 84 valence electrons. The molecule has 5 nitrogen and oxygen atoms in total. The standard InChI is InChI=1S/C10H11ClN4O/c1-6-12-7(2)15(14-6)10-4-3-8(11)9(5-16)13-10/h3-4,16H,5H2,1-2H3. The quantitative estimate of drug-likeness (QED) is 0.860. The highest BCUT2D eigenvalue weighted by Crippen LogP contribution is 2.16. The summed E-state index contributed by atoms with van der Waals surface area (Å²) in [6, 6.07) is 3.43. The van der Waals surface area contributed by atoms with E-state index in [0.717, 1.165) is 5.82 Å². The Balaban J connectivity index is 2.52. The lowest BCUT2D eigenvalue weighted by Crippen LogP contribution is -2.04. The summed E-state index contributed by atoms with van der Waals surface area (Å²) in [4.78, 5) is 8.40. The third kappa shape index (κ3) is 1.91. The van der Waals surface area contributed by atoms with Crippen LogP contribution < -0.4 is 0 Å². The molecule has 0 spiro atoms. The second-order valence-electron chi connectivity index (χ2n) is 3.37. The number of hydrogen-bond donors (Lipinski definition) is 1. The van der Waals surface area contributed by atoms with Gasteiger partial charge in [0.15, 0.2) is 5.82 Å². The Hall–Kier alpha value is -1.46. The topological polar surface area (TPSA) is 63.8 Å². The summed E-state index contributed by atoms with van der Waals surface area (Å²) < 4.78 is 1.62. The normalized spacial score (nSPS) is 10.8. The van der Waals surface area contributed by atoms with Crippen molar-refractivity contribution in [2.75, 3.05) is 0 Å². The van der Waals surface area contributed by atoms with Crippen molar-refractivity contribution in [1.82, 2.24) is 19.7 Å². The highest BCUT2D eigenvalue weighted by molar-refractivity contribution is 6.31. The number of aliphatic hydroxyl groups excluding tert-OH is 1. The fraction of sp³-hybridized carbons (Fsp3) is 0.300. The second kappa shape index (κ2) is 4.19. The van der Waals surface area contributed by atoms with Gasteiger partial charge in [-0.05, 0) is 26.0 Å². The third-order valence-electron chi connectivity index (χ3n) is 2.15. The number of hydrogen-bond acceptors (Lipinski definition) is 4. The van der Waals surface area contributed by atoms with Crippen LogP contribution in [-0.4, -0.2) is 24.9 Å². The van der Waals surface area contributed by atoms with E-state index in [9.17, 15) is 0 Å². The van der Waals surface area contributed by atoms with E-state index in [2.05, 4.69) is 15.1 Å². The van der Waals surface area contributed by atoms with E-state index in [1.54, 1.807) is 16.8 Å². The minimum atomic E-state index is -0.195. The number of aromatic nitrogens is 4. The summed E-state index contributed by atoms with van der Waals surface area (Å²) in [5.74, 6) is 2.03. The first-order chi connectivity index (χ1) is 7.61. The van der Waals surface area contributed by atoms with Crippen LogP contribution in [0.15, 0.2) is 12.1 Å². The van der Waals surface area contributed by atoms with Gasteiger partial charge < -0.3 is 5.11 Å². The largest absolute Gasteiger partial charge is 0.390 e. The SMILES string of the molecule is Cc1nc(C)n(-c2ccc(Cl)c(CO)n2)n1. The summed E-state index contributed by atoms with van der Waals surface area (Å²) in [5, 5.41) is 13.7. The maximum absolute atomic E-state index is 9.07. The molecule has 0 aliphatic carbocycles. The van der Waals surface area contributed by atoms with Crippen LogP contribution in [0.5, 0.6) is 0 Å². The molecule has 0 aliphatic heterocycles. The van der Waals surface area contributed by atoms with Gasteiger partial charge in [-0.25, -0.2) is 9.97 Å². The summed E-state index contributed by atoms with van der Waals surface area (Å²) in [6.45, 7) is 3.46. The number of pyridine rings is 1. The molecule has 16 heavy (non-hydrogen) atoms. The third-order valence-corrected chi connectivity index (χ3v) is 2.49. The molecule has 0 atom stereocenters. The highest BCUT2D eigenvalue weighted by atomic mass is 35.5. The van der Waals surface area contributed by atoms with Crippen molar-refractivity contribution in [2.45, 2.75) is 20.5 Å². The molecular formula is C10H11ClN4O. The van der Waals surface area contributed by atoms with E-state index in [1.165, 1.54) is 0 Å². The van der Waals surface area contributed by atoms with Gasteiger partial charge in [0.25, 0.3) is 0 Å². The number of halogens is 1. The number of nitrogens with zero attached hydrogens (tertiary/aromatic N) is 4. The van der Waals surface area contributed by atoms with Crippen LogP contribution in [-0.2, 0) is 6.61 Å². The molecule has 0 saturated heterocycles. The first kappa shape index (κ1) is 11.0. The Morgan fingerprint density at radius 3 is 2.62 bits per heavy atom. The van der Waals surface area contributed by atoms with E-state index in [1.807, 2.05) is 13.8 Å². The van der Waals surface area contributed by atoms with Crippen LogP contribution in [0.25, 0.3) is 5.82 Å². The molecule has 2 rings (SSSR count). The smallest absolute Gasteiger partial charge is 0.155 e. The molecule has 6 heteroatoms. The second-order valence-corrected chi connectivity index (χ2v) is 3.78. The first-order valence-electron chi connectivity index (χ1n) is 4.78. The Labute approximate surface area is 97.7 Å². The maximum Gasteiger partial charge on any atom is 0.155 e. The minimum Gasteiger partial charge on any atom is -0.390 e. The van der Waals surface area contributed by atoms with Crippen molar-refractivity contribution < 1.29 is 5.11 Å². The number of aliphatic hydroxyl groups is 1. The van der Waals surface area contributed by atoms with Gasteiger partial charge in [-0.15, -0.1) is 5.10 Å². The highest BCUT2D eigenvalue weighted by Gasteiger charge is 2.08. The van der Waals surface area contributed by atoms with Crippen LogP contribution >= 0.6 is 11.6 Å². The summed E-state index contributed by atoms with van der Waals surface area (Å²) in [5.41, 5.74) is 0.437. The zero-order valence-corrected chi connectivity index (χ0v) is 9.73. The molecule has 0 saturated carbocycles. The minimum absolute atomic E-state index is 0.195. The summed E-state index contributed by atoms with van der Waals surface area (Å²) in [6.07, 6.45) is 0. The van der Waals surface area contributed by atoms with Gasteiger partial charge in [-0.2, -0.15) is 4.68 Å². The number of aryl methyl sites for hydroxylation is 2. The molecule has 0 radical (unpaired) electrons. The molecule has 0 bridgehead atoms. The van der Waals surface area contributed by atoms with Crippen LogP contribution in [0.2, 0.25) is 5.02 Å².